The minimum Gasteiger partial charge on any atom is -0.273 e. The fraction of sp³-hybridized carbons (Fsp3) is 0.385. The van der Waals surface area contributed by atoms with Gasteiger partial charge in [-0.25, -0.2) is 5.43 Å². The van der Waals surface area contributed by atoms with Gasteiger partial charge in [-0.15, -0.1) is 0 Å². The summed E-state index contributed by atoms with van der Waals surface area (Å²) in [5, 5.41) is 4.19. The number of rotatable bonds is 1. The van der Waals surface area contributed by atoms with E-state index in [-0.39, 0.29) is 11.8 Å². The summed E-state index contributed by atoms with van der Waals surface area (Å²) in [6, 6.07) is 6.36. The summed E-state index contributed by atoms with van der Waals surface area (Å²) in [5.41, 5.74) is 7.36. The van der Waals surface area contributed by atoms with E-state index in [0.717, 1.165) is 17.7 Å². The van der Waals surface area contributed by atoms with Crippen LogP contribution in [0.2, 0.25) is 0 Å². The smallest absolute Gasteiger partial charge is 0.243 e. The van der Waals surface area contributed by atoms with Crippen molar-refractivity contribution in [1.82, 2.24) is 5.43 Å². The van der Waals surface area contributed by atoms with Crippen molar-refractivity contribution < 1.29 is 4.79 Å². The van der Waals surface area contributed by atoms with Gasteiger partial charge in [0.1, 0.15) is 0 Å². The van der Waals surface area contributed by atoms with Crippen LogP contribution in [0.4, 0.5) is 0 Å². The average molecular weight is 214 g/mol. The first kappa shape index (κ1) is 9.58. The Hall–Kier alpha value is -1.64. The van der Waals surface area contributed by atoms with Gasteiger partial charge in [0.15, 0.2) is 0 Å². The first-order chi connectivity index (χ1) is 7.66. The Bertz CT molecular complexity index is 505. The van der Waals surface area contributed by atoms with Gasteiger partial charge in [0.05, 0.1) is 5.71 Å². The highest BCUT2D eigenvalue weighted by atomic mass is 16.2. The number of aryl methyl sites for hydroxylation is 2. The van der Waals surface area contributed by atoms with Crippen LogP contribution in [0.25, 0.3) is 0 Å². The molecule has 1 heterocycles. The second kappa shape index (κ2) is 3.17. The monoisotopic (exact) mass is 214 g/mol. The molecule has 82 valence electrons. The maximum Gasteiger partial charge on any atom is 0.243 e. The molecule has 2 atom stereocenters. The highest BCUT2D eigenvalue weighted by Gasteiger charge is 2.49. The Morgan fingerprint density at radius 1 is 1.25 bits per heavy atom. The highest BCUT2D eigenvalue weighted by molar-refractivity contribution is 6.09. The fourth-order valence-corrected chi connectivity index (χ4v) is 2.25. The Kier molecular flexibility index (Phi) is 1.90. The number of hydrogen-bond acceptors (Lipinski definition) is 2. The molecule has 1 aliphatic heterocycles. The van der Waals surface area contributed by atoms with E-state index in [1.54, 1.807) is 0 Å². The SMILES string of the molecule is Cc1ccc(C2=NNC(=O)[C@H]3C[C@@H]23)cc1C. The Morgan fingerprint density at radius 2 is 2.06 bits per heavy atom. The zero-order valence-electron chi connectivity index (χ0n) is 9.45. The lowest BCUT2D eigenvalue weighted by Gasteiger charge is -2.12. The first-order valence-corrected chi connectivity index (χ1v) is 5.62. The van der Waals surface area contributed by atoms with Crippen LogP contribution < -0.4 is 5.43 Å². The summed E-state index contributed by atoms with van der Waals surface area (Å²) >= 11 is 0. The number of hydrogen-bond donors (Lipinski definition) is 1. The molecule has 1 N–H and O–H groups in total. The number of nitrogens with zero attached hydrogens (tertiary/aromatic N) is 1. The third-order valence-electron chi connectivity index (χ3n) is 3.57. The largest absolute Gasteiger partial charge is 0.273 e. The molecule has 1 saturated carbocycles. The molecule has 1 fully saturated rings. The van der Waals surface area contributed by atoms with Crippen molar-refractivity contribution >= 4 is 11.6 Å². The molecule has 0 unspecified atom stereocenters. The molecule has 2 aliphatic rings. The van der Waals surface area contributed by atoms with E-state index < -0.39 is 0 Å². The van der Waals surface area contributed by atoms with Crippen molar-refractivity contribution in [2.45, 2.75) is 20.3 Å². The van der Waals surface area contributed by atoms with Crippen molar-refractivity contribution in [3.63, 3.8) is 0 Å². The maximum atomic E-state index is 11.3. The summed E-state index contributed by atoms with van der Waals surface area (Å²) in [5.74, 6) is 0.613. The van der Waals surface area contributed by atoms with Crippen LogP contribution in [0.3, 0.4) is 0 Å². The van der Waals surface area contributed by atoms with E-state index in [1.165, 1.54) is 11.1 Å². The fourth-order valence-electron chi connectivity index (χ4n) is 2.25. The lowest BCUT2D eigenvalue weighted by atomic mass is 9.99. The van der Waals surface area contributed by atoms with Crippen LogP contribution in [-0.2, 0) is 4.79 Å². The second-order valence-corrected chi connectivity index (χ2v) is 4.72. The molecule has 0 bridgehead atoms. The van der Waals surface area contributed by atoms with Crippen LogP contribution in [0.1, 0.15) is 23.1 Å². The van der Waals surface area contributed by atoms with E-state index in [0.29, 0.717) is 5.92 Å². The summed E-state index contributed by atoms with van der Waals surface area (Å²) in [7, 11) is 0. The number of carbonyl (C=O) groups excluding carboxylic acids is 1. The zero-order valence-corrected chi connectivity index (χ0v) is 9.45. The molecule has 3 rings (SSSR count). The maximum absolute atomic E-state index is 11.3. The predicted molar refractivity (Wildman–Crippen MR) is 62.2 cm³/mol. The van der Waals surface area contributed by atoms with Gasteiger partial charge < -0.3 is 0 Å². The van der Waals surface area contributed by atoms with Gasteiger partial charge in [-0.1, -0.05) is 12.1 Å². The van der Waals surface area contributed by atoms with Crippen LogP contribution in [0.5, 0.6) is 0 Å². The molecule has 16 heavy (non-hydrogen) atoms. The van der Waals surface area contributed by atoms with Gasteiger partial charge in [0.2, 0.25) is 5.91 Å². The van der Waals surface area contributed by atoms with Crippen molar-refractivity contribution in [3.05, 3.63) is 34.9 Å². The van der Waals surface area contributed by atoms with Gasteiger partial charge in [-0.2, -0.15) is 5.10 Å². The van der Waals surface area contributed by atoms with Gasteiger partial charge in [-0.05, 0) is 43.0 Å². The average Bonchev–Trinajstić information content (AvgIpc) is 3.04. The standard InChI is InChI=1S/C13H14N2O/c1-7-3-4-9(5-8(7)2)12-10-6-11(10)13(16)15-14-12/h3-5,10-11H,6H2,1-2H3,(H,15,16)/t10-,11+/m1/s1. The van der Waals surface area contributed by atoms with E-state index >= 15 is 0 Å². The molecule has 1 amide bonds. The van der Waals surface area contributed by atoms with E-state index in [4.69, 9.17) is 0 Å². The van der Waals surface area contributed by atoms with Crippen LogP contribution >= 0.6 is 0 Å². The van der Waals surface area contributed by atoms with Gasteiger partial charge in [-0.3, -0.25) is 4.79 Å². The van der Waals surface area contributed by atoms with Crippen molar-refractivity contribution in [1.29, 1.82) is 0 Å². The minimum absolute atomic E-state index is 0.0811. The lowest BCUT2D eigenvalue weighted by molar-refractivity contribution is -0.122. The number of fused-ring (bicyclic) bond motifs is 1. The molecule has 1 aromatic rings. The summed E-state index contributed by atoms with van der Waals surface area (Å²) in [6.45, 7) is 4.20. The highest BCUT2D eigenvalue weighted by Crippen LogP contribution is 2.43. The molecule has 3 heteroatoms. The van der Waals surface area contributed by atoms with Crippen LogP contribution in [0.15, 0.2) is 23.3 Å². The minimum atomic E-state index is 0.0811. The summed E-state index contributed by atoms with van der Waals surface area (Å²) in [6.07, 6.45) is 0.956. The van der Waals surface area contributed by atoms with Crippen molar-refractivity contribution in [3.8, 4) is 0 Å². The number of benzene rings is 1. The molecular formula is C13H14N2O. The second-order valence-electron chi connectivity index (χ2n) is 4.72. The van der Waals surface area contributed by atoms with Gasteiger partial charge in [0, 0.05) is 11.8 Å². The topological polar surface area (TPSA) is 41.5 Å². The molecule has 1 aromatic carbocycles. The molecule has 0 aromatic heterocycles. The summed E-state index contributed by atoms with van der Waals surface area (Å²) < 4.78 is 0. The molecule has 3 nitrogen and oxygen atoms in total. The summed E-state index contributed by atoms with van der Waals surface area (Å²) in [4.78, 5) is 11.3. The van der Waals surface area contributed by atoms with Crippen molar-refractivity contribution in [2.24, 2.45) is 16.9 Å². The number of carbonyl (C=O) groups is 1. The van der Waals surface area contributed by atoms with Crippen molar-refractivity contribution in [2.75, 3.05) is 0 Å². The number of hydrazone groups is 1. The first-order valence-electron chi connectivity index (χ1n) is 5.62. The van der Waals surface area contributed by atoms with Gasteiger partial charge in [0.25, 0.3) is 0 Å². The Balaban J connectivity index is 1.98. The lowest BCUT2D eigenvalue weighted by Crippen LogP contribution is -2.28. The third-order valence-corrected chi connectivity index (χ3v) is 3.57. The molecule has 1 aliphatic carbocycles. The van der Waals surface area contributed by atoms with E-state index in [2.05, 4.69) is 42.6 Å². The predicted octanol–water partition coefficient (Wildman–Crippen LogP) is 1.77. The molecular weight excluding hydrogens is 200 g/mol. The van der Waals surface area contributed by atoms with Crippen LogP contribution in [-0.4, -0.2) is 11.6 Å². The van der Waals surface area contributed by atoms with Gasteiger partial charge >= 0.3 is 0 Å². The third kappa shape index (κ3) is 1.35. The normalized spacial score (nSPS) is 26.9. The molecule has 0 spiro atoms. The van der Waals surface area contributed by atoms with Crippen LogP contribution in [0, 0.1) is 25.7 Å². The number of amides is 1. The molecule has 0 saturated heterocycles. The quantitative estimate of drug-likeness (QED) is 0.760. The van der Waals surface area contributed by atoms with E-state index in [1.807, 2.05) is 0 Å². The number of nitrogens with one attached hydrogen (secondary N) is 1. The Morgan fingerprint density at radius 3 is 2.81 bits per heavy atom. The molecule has 0 radical (unpaired) electrons. The Labute approximate surface area is 94.6 Å². The zero-order chi connectivity index (χ0) is 11.3. The van der Waals surface area contributed by atoms with E-state index in [9.17, 15) is 4.79 Å².